The van der Waals surface area contributed by atoms with E-state index in [0.717, 1.165) is 13.2 Å². The lowest BCUT2D eigenvalue weighted by molar-refractivity contribution is -0.128. The fraction of sp³-hybridized carbons (Fsp3) is 1.00. The minimum absolute atomic E-state index is 0.296. The van der Waals surface area contributed by atoms with Gasteiger partial charge in [-0.25, -0.2) is 0 Å². The van der Waals surface area contributed by atoms with E-state index in [1.807, 2.05) is 0 Å². The third-order valence-electron chi connectivity index (χ3n) is 3.51. The standard InChI is InChI=1S/C15H30O2/c1-3-4-5-6-7-8-9-10-11-15-13-16-14(2)12-17-15/h14-15H,3-13H2,1-2H3. The second-order valence-corrected chi connectivity index (χ2v) is 5.36. The van der Waals surface area contributed by atoms with E-state index in [1.54, 1.807) is 0 Å². The maximum absolute atomic E-state index is 5.72. The van der Waals surface area contributed by atoms with Crippen molar-refractivity contribution >= 4 is 0 Å². The highest BCUT2D eigenvalue weighted by atomic mass is 16.6. The van der Waals surface area contributed by atoms with E-state index in [2.05, 4.69) is 13.8 Å². The van der Waals surface area contributed by atoms with Crippen LogP contribution in [0.3, 0.4) is 0 Å². The Morgan fingerprint density at radius 1 is 0.824 bits per heavy atom. The van der Waals surface area contributed by atoms with Gasteiger partial charge in [0.2, 0.25) is 0 Å². The lowest BCUT2D eigenvalue weighted by Gasteiger charge is -2.27. The Kier molecular flexibility index (Phi) is 8.72. The second kappa shape index (κ2) is 9.90. The molecule has 17 heavy (non-hydrogen) atoms. The number of rotatable bonds is 9. The highest BCUT2D eigenvalue weighted by Gasteiger charge is 2.18. The molecule has 0 N–H and O–H groups in total. The van der Waals surface area contributed by atoms with Gasteiger partial charge in [0.15, 0.2) is 0 Å². The smallest absolute Gasteiger partial charge is 0.0810 e. The fourth-order valence-corrected chi connectivity index (χ4v) is 2.31. The molecular weight excluding hydrogens is 212 g/mol. The molecule has 0 radical (unpaired) electrons. The highest BCUT2D eigenvalue weighted by molar-refractivity contribution is 4.64. The van der Waals surface area contributed by atoms with E-state index in [-0.39, 0.29) is 0 Å². The van der Waals surface area contributed by atoms with E-state index in [1.165, 1.54) is 57.8 Å². The van der Waals surface area contributed by atoms with Crippen LogP contribution in [0.25, 0.3) is 0 Å². The molecule has 1 rings (SSSR count). The zero-order valence-electron chi connectivity index (χ0n) is 11.7. The van der Waals surface area contributed by atoms with Crippen molar-refractivity contribution in [1.82, 2.24) is 0 Å². The maximum Gasteiger partial charge on any atom is 0.0810 e. The Morgan fingerprint density at radius 2 is 1.47 bits per heavy atom. The SMILES string of the molecule is CCCCCCCCCCC1COC(C)CO1. The van der Waals surface area contributed by atoms with Gasteiger partial charge in [-0.1, -0.05) is 58.3 Å². The van der Waals surface area contributed by atoms with Crippen molar-refractivity contribution in [2.24, 2.45) is 0 Å². The predicted molar refractivity (Wildman–Crippen MR) is 72.4 cm³/mol. The molecule has 1 aliphatic rings. The van der Waals surface area contributed by atoms with E-state index in [0.29, 0.717) is 12.2 Å². The fourth-order valence-electron chi connectivity index (χ4n) is 2.31. The van der Waals surface area contributed by atoms with Gasteiger partial charge in [-0.05, 0) is 13.3 Å². The van der Waals surface area contributed by atoms with Gasteiger partial charge >= 0.3 is 0 Å². The molecule has 0 spiro atoms. The first kappa shape index (κ1) is 15.0. The molecule has 1 fully saturated rings. The van der Waals surface area contributed by atoms with Gasteiger partial charge in [0.05, 0.1) is 25.4 Å². The molecule has 0 saturated carbocycles. The molecule has 1 heterocycles. The van der Waals surface area contributed by atoms with E-state index in [9.17, 15) is 0 Å². The van der Waals surface area contributed by atoms with Crippen molar-refractivity contribution in [3.05, 3.63) is 0 Å². The van der Waals surface area contributed by atoms with Crippen LogP contribution in [0.1, 0.15) is 71.6 Å². The van der Waals surface area contributed by atoms with Gasteiger partial charge in [0.25, 0.3) is 0 Å². The summed E-state index contributed by atoms with van der Waals surface area (Å²) in [5, 5.41) is 0. The van der Waals surface area contributed by atoms with Crippen molar-refractivity contribution in [3.63, 3.8) is 0 Å². The van der Waals surface area contributed by atoms with Crippen LogP contribution >= 0.6 is 0 Å². The molecule has 0 amide bonds. The van der Waals surface area contributed by atoms with Gasteiger partial charge in [0, 0.05) is 0 Å². The first-order valence-electron chi connectivity index (χ1n) is 7.56. The summed E-state index contributed by atoms with van der Waals surface area (Å²) >= 11 is 0. The Morgan fingerprint density at radius 3 is 2.06 bits per heavy atom. The monoisotopic (exact) mass is 242 g/mol. The second-order valence-electron chi connectivity index (χ2n) is 5.36. The minimum Gasteiger partial charge on any atom is -0.373 e. The van der Waals surface area contributed by atoms with Crippen molar-refractivity contribution in [1.29, 1.82) is 0 Å². The Bertz CT molecular complexity index is 162. The predicted octanol–water partition coefficient (Wildman–Crippen LogP) is 4.32. The van der Waals surface area contributed by atoms with E-state index < -0.39 is 0 Å². The topological polar surface area (TPSA) is 18.5 Å². The van der Waals surface area contributed by atoms with Crippen LogP contribution in [0.4, 0.5) is 0 Å². The number of hydrogen-bond acceptors (Lipinski definition) is 2. The third kappa shape index (κ3) is 7.77. The number of ether oxygens (including phenoxy) is 2. The highest BCUT2D eigenvalue weighted by Crippen LogP contribution is 2.15. The summed E-state index contributed by atoms with van der Waals surface area (Å²) in [5.74, 6) is 0. The average Bonchev–Trinajstić information content (AvgIpc) is 2.35. The molecule has 2 nitrogen and oxygen atoms in total. The summed E-state index contributed by atoms with van der Waals surface area (Å²) in [6, 6.07) is 0. The van der Waals surface area contributed by atoms with Crippen LogP contribution in [-0.4, -0.2) is 25.4 Å². The first-order chi connectivity index (χ1) is 8.33. The average molecular weight is 242 g/mol. The van der Waals surface area contributed by atoms with E-state index >= 15 is 0 Å². The molecular formula is C15H30O2. The van der Waals surface area contributed by atoms with Crippen LogP contribution in [0.5, 0.6) is 0 Å². The molecule has 1 aliphatic heterocycles. The normalized spacial score (nSPS) is 25.1. The van der Waals surface area contributed by atoms with Crippen LogP contribution in [0.2, 0.25) is 0 Å². The summed E-state index contributed by atoms with van der Waals surface area (Å²) in [7, 11) is 0. The summed E-state index contributed by atoms with van der Waals surface area (Å²) in [4.78, 5) is 0. The number of unbranched alkanes of at least 4 members (excludes halogenated alkanes) is 7. The summed E-state index contributed by atoms with van der Waals surface area (Å²) in [6.07, 6.45) is 12.9. The maximum atomic E-state index is 5.72. The van der Waals surface area contributed by atoms with Crippen LogP contribution in [0, 0.1) is 0 Å². The molecule has 0 aromatic carbocycles. The third-order valence-corrected chi connectivity index (χ3v) is 3.51. The molecule has 0 aromatic rings. The molecule has 0 bridgehead atoms. The molecule has 1 saturated heterocycles. The zero-order valence-corrected chi connectivity index (χ0v) is 11.7. The van der Waals surface area contributed by atoms with Crippen molar-refractivity contribution < 1.29 is 9.47 Å². The summed E-state index contributed by atoms with van der Waals surface area (Å²) in [6.45, 7) is 5.93. The van der Waals surface area contributed by atoms with Crippen molar-refractivity contribution in [2.45, 2.75) is 83.8 Å². The van der Waals surface area contributed by atoms with Gasteiger partial charge in [-0.15, -0.1) is 0 Å². The zero-order chi connectivity index (χ0) is 12.3. The largest absolute Gasteiger partial charge is 0.373 e. The van der Waals surface area contributed by atoms with Crippen LogP contribution in [-0.2, 0) is 9.47 Å². The first-order valence-corrected chi connectivity index (χ1v) is 7.56. The van der Waals surface area contributed by atoms with Crippen molar-refractivity contribution in [2.75, 3.05) is 13.2 Å². The summed E-state index contributed by atoms with van der Waals surface area (Å²) in [5.41, 5.74) is 0. The van der Waals surface area contributed by atoms with Crippen LogP contribution in [0.15, 0.2) is 0 Å². The molecule has 2 unspecified atom stereocenters. The Balaban J connectivity index is 1.81. The molecule has 0 aliphatic carbocycles. The van der Waals surface area contributed by atoms with Crippen molar-refractivity contribution in [3.8, 4) is 0 Å². The lowest BCUT2D eigenvalue weighted by Crippen LogP contribution is -2.33. The Labute approximate surface area is 107 Å². The molecule has 2 heteroatoms. The quantitative estimate of drug-likeness (QED) is 0.561. The van der Waals surface area contributed by atoms with Gasteiger partial charge in [0.1, 0.15) is 0 Å². The minimum atomic E-state index is 0.296. The summed E-state index contributed by atoms with van der Waals surface area (Å²) < 4.78 is 11.3. The Hall–Kier alpha value is -0.0800. The van der Waals surface area contributed by atoms with Crippen LogP contribution < -0.4 is 0 Å². The van der Waals surface area contributed by atoms with E-state index in [4.69, 9.17) is 9.47 Å². The van der Waals surface area contributed by atoms with Gasteiger partial charge < -0.3 is 9.47 Å². The molecule has 2 atom stereocenters. The molecule has 102 valence electrons. The van der Waals surface area contributed by atoms with Gasteiger partial charge in [-0.3, -0.25) is 0 Å². The number of hydrogen-bond donors (Lipinski definition) is 0. The molecule has 0 aromatic heterocycles. The van der Waals surface area contributed by atoms with Gasteiger partial charge in [-0.2, -0.15) is 0 Å². The lowest BCUT2D eigenvalue weighted by atomic mass is 10.1.